The Morgan fingerprint density at radius 2 is 1.79 bits per heavy atom. The molecule has 0 amide bonds. The lowest BCUT2D eigenvalue weighted by Crippen LogP contribution is -2.29. The number of phenols is 1. The number of ether oxygens (including phenoxy) is 1. The second-order valence-electron chi connectivity index (χ2n) is 8.35. The summed E-state index contributed by atoms with van der Waals surface area (Å²) in [7, 11) is 1.66. The van der Waals surface area contributed by atoms with Gasteiger partial charge in [-0.2, -0.15) is 0 Å². The fourth-order valence-corrected chi connectivity index (χ4v) is 5.17. The van der Waals surface area contributed by atoms with Crippen molar-refractivity contribution in [3.8, 4) is 17.2 Å². The number of hydrogen-bond donors (Lipinski definition) is 2. The van der Waals surface area contributed by atoms with Gasteiger partial charge in [-0.25, -0.2) is 0 Å². The monoisotopic (exact) mass is 470 g/mol. The molecule has 5 rings (SSSR count). The molecule has 0 aliphatic carbocycles. The van der Waals surface area contributed by atoms with E-state index in [1.54, 1.807) is 19.4 Å². The number of aromatic nitrogens is 2. The van der Waals surface area contributed by atoms with E-state index in [-0.39, 0.29) is 17.8 Å². The van der Waals surface area contributed by atoms with E-state index in [2.05, 4.69) is 39.7 Å². The van der Waals surface area contributed by atoms with Crippen molar-refractivity contribution in [3.05, 3.63) is 102 Å². The van der Waals surface area contributed by atoms with E-state index in [1.165, 1.54) is 0 Å². The van der Waals surface area contributed by atoms with Gasteiger partial charge in [0.2, 0.25) is 0 Å². The fourth-order valence-electron chi connectivity index (χ4n) is 4.82. The van der Waals surface area contributed by atoms with Crippen LogP contribution in [0, 0.1) is 13.8 Å². The molecule has 1 aliphatic heterocycles. The van der Waals surface area contributed by atoms with Gasteiger partial charge in [0.15, 0.2) is 5.11 Å². The van der Waals surface area contributed by atoms with Crippen LogP contribution < -0.4 is 15.0 Å². The Labute approximate surface area is 204 Å². The lowest BCUT2D eigenvalue weighted by Gasteiger charge is -2.28. The molecular weight excluding hydrogens is 444 g/mol. The van der Waals surface area contributed by atoms with Gasteiger partial charge in [0.1, 0.15) is 11.5 Å². The number of nitrogens with one attached hydrogen (secondary N) is 1. The Morgan fingerprint density at radius 3 is 2.53 bits per heavy atom. The average Bonchev–Trinajstić information content (AvgIpc) is 3.35. The maximum atomic E-state index is 10.6. The van der Waals surface area contributed by atoms with Gasteiger partial charge in [-0.15, -0.1) is 0 Å². The Bertz CT molecular complexity index is 1350. The molecule has 0 unspecified atom stereocenters. The van der Waals surface area contributed by atoms with Crippen molar-refractivity contribution in [2.24, 2.45) is 0 Å². The highest BCUT2D eigenvalue weighted by atomic mass is 32.1. The maximum absolute atomic E-state index is 10.6. The molecule has 172 valence electrons. The van der Waals surface area contributed by atoms with E-state index in [1.807, 2.05) is 60.7 Å². The normalized spacial score (nSPS) is 17.6. The number of anilines is 1. The standard InChI is InChI=1S/C27H26N4O2S/c1-17-15-21(18(2)30(17)23-12-4-5-13-24(23)32)26-25(22-11-6-7-14-28-22)29-27(34)31(26)19-9-8-10-20(16-19)33-3/h4-16,25-26,32H,1-3H3,(H,29,34)/t25-,26-/m0/s1. The van der Waals surface area contributed by atoms with Crippen LogP contribution in [-0.4, -0.2) is 26.9 Å². The van der Waals surface area contributed by atoms with Gasteiger partial charge in [0.25, 0.3) is 0 Å². The van der Waals surface area contributed by atoms with Gasteiger partial charge in [-0.3, -0.25) is 4.98 Å². The predicted octanol–water partition coefficient (Wildman–Crippen LogP) is 5.38. The van der Waals surface area contributed by atoms with Crippen molar-refractivity contribution < 1.29 is 9.84 Å². The van der Waals surface area contributed by atoms with Crippen molar-refractivity contribution in [3.63, 3.8) is 0 Å². The minimum atomic E-state index is -0.154. The molecule has 34 heavy (non-hydrogen) atoms. The summed E-state index contributed by atoms with van der Waals surface area (Å²) in [6.45, 7) is 4.13. The first-order valence-electron chi connectivity index (χ1n) is 11.1. The molecule has 2 N–H and O–H groups in total. The van der Waals surface area contributed by atoms with Gasteiger partial charge in [-0.1, -0.05) is 24.3 Å². The molecular formula is C27H26N4O2S. The van der Waals surface area contributed by atoms with Crippen molar-refractivity contribution in [2.45, 2.75) is 25.9 Å². The SMILES string of the molecule is COc1cccc(N2C(=S)N[C@@H](c3ccccn3)[C@@H]2c2cc(C)n(-c3ccccc3O)c2C)c1. The molecule has 1 aliphatic rings. The van der Waals surface area contributed by atoms with Crippen LogP contribution in [0.25, 0.3) is 5.69 Å². The van der Waals surface area contributed by atoms with Crippen molar-refractivity contribution in [2.75, 3.05) is 12.0 Å². The number of aromatic hydroxyl groups is 1. The van der Waals surface area contributed by atoms with Crippen molar-refractivity contribution >= 4 is 23.0 Å². The first kappa shape index (κ1) is 22.0. The van der Waals surface area contributed by atoms with Gasteiger partial charge in [0.05, 0.1) is 30.6 Å². The molecule has 4 aromatic rings. The van der Waals surface area contributed by atoms with Crippen LogP contribution in [-0.2, 0) is 0 Å². The van der Waals surface area contributed by atoms with Crippen LogP contribution in [0.15, 0.2) is 79.0 Å². The van der Waals surface area contributed by atoms with E-state index in [0.717, 1.165) is 39.8 Å². The fraction of sp³-hybridized carbons (Fsp3) is 0.185. The number of methoxy groups -OCH3 is 1. The molecule has 2 atom stereocenters. The number of thiocarbonyl (C=S) groups is 1. The summed E-state index contributed by atoms with van der Waals surface area (Å²) in [5.41, 5.74) is 5.76. The van der Waals surface area contributed by atoms with Crippen LogP contribution in [0.4, 0.5) is 5.69 Å². The van der Waals surface area contributed by atoms with Crippen LogP contribution >= 0.6 is 12.2 Å². The molecule has 3 heterocycles. The molecule has 0 radical (unpaired) electrons. The third-order valence-corrected chi connectivity index (χ3v) is 6.66. The Balaban J connectivity index is 1.70. The number of para-hydroxylation sites is 2. The minimum absolute atomic E-state index is 0.152. The van der Waals surface area contributed by atoms with Gasteiger partial charge >= 0.3 is 0 Å². The molecule has 0 saturated carbocycles. The van der Waals surface area contributed by atoms with E-state index < -0.39 is 0 Å². The van der Waals surface area contributed by atoms with Crippen LogP contribution in [0.3, 0.4) is 0 Å². The summed E-state index contributed by atoms with van der Waals surface area (Å²) in [4.78, 5) is 6.78. The Hall–Kier alpha value is -3.84. The summed E-state index contributed by atoms with van der Waals surface area (Å²) < 4.78 is 7.57. The van der Waals surface area contributed by atoms with E-state index in [4.69, 9.17) is 17.0 Å². The molecule has 1 saturated heterocycles. The molecule has 0 spiro atoms. The number of benzene rings is 2. The van der Waals surface area contributed by atoms with Crippen molar-refractivity contribution in [1.82, 2.24) is 14.9 Å². The molecule has 7 heteroatoms. The lowest BCUT2D eigenvalue weighted by atomic mass is 9.96. The highest BCUT2D eigenvalue weighted by Crippen LogP contribution is 2.44. The highest BCUT2D eigenvalue weighted by Gasteiger charge is 2.42. The number of rotatable bonds is 5. The van der Waals surface area contributed by atoms with Crippen molar-refractivity contribution in [1.29, 1.82) is 0 Å². The number of phenolic OH excluding ortho intramolecular Hbond substituents is 1. The molecule has 1 fully saturated rings. The highest BCUT2D eigenvalue weighted by molar-refractivity contribution is 7.80. The average molecular weight is 471 g/mol. The van der Waals surface area contributed by atoms with Crippen LogP contribution in [0.1, 0.15) is 34.7 Å². The largest absolute Gasteiger partial charge is 0.506 e. The molecule has 6 nitrogen and oxygen atoms in total. The van der Waals surface area contributed by atoms with E-state index in [9.17, 15) is 5.11 Å². The zero-order valence-corrected chi connectivity index (χ0v) is 20.1. The second-order valence-corrected chi connectivity index (χ2v) is 8.74. The number of aryl methyl sites for hydroxylation is 1. The third-order valence-electron chi connectivity index (χ3n) is 6.34. The first-order chi connectivity index (χ1) is 16.5. The van der Waals surface area contributed by atoms with Gasteiger partial charge < -0.3 is 24.6 Å². The number of hydrogen-bond acceptors (Lipinski definition) is 4. The summed E-state index contributed by atoms with van der Waals surface area (Å²) in [5, 5.41) is 14.7. The van der Waals surface area contributed by atoms with Gasteiger partial charge in [0, 0.05) is 29.3 Å². The summed E-state index contributed by atoms with van der Waals surface area (Å²) in [6.07, 6.45) is 1.80. The zero-order chi connectivity index (χ0) is 23.8. The topological polar surface area (TPSA) is 62.5 Å². The zero-order valence-electron chi connectivity index (χ0n) is 19.3. The third kappa shape index (κ3) is 3.68. The minimum Gasteiger partial charge on any atom is -0.506 e. The van der Waals surface area contributed by atoms with Crippen LogP contribution in [0.5, 0.6) is 11.5 Å². The first-order valence-corrected chi connectivity index (χ1v) is 11.5. The predicted molar refractivity (Wildman–Crippen MR) is 138 cm³/mol. The van der Waals surface area contributed by atoms with Crippen LogP contribution in [0.2, 0.25) is 0 Å². The molecule has 0 bridgehead atoms. The van der Waals surface area contributed by atoms with E-state index in [0.29, 0.717) is 5.11 Å². The second kappa shape index (κ2) is 8.83. The number of pyridine rings is 1. The maximum Gasteiger partial charge on any atom is 0.174 e. The Kier molecular flexibility index (Phi) is 5.71. The Morgan fingerprint density at radius 1 is 1.00 bits per heavy atom. The summed E-state index contributed by atoms with van der Waals surface area (Å²) in [5.74, 6) is 1.00. The summed E-state index contributed by atoms with van der Waals surface area (Å²) in [6, 6.07) is 23.1. The smallest absolute Gasteiger partial charge is 0.174 e. The van der Waals surface area contributed by atoms with Gasteiger partial charge in [-0.05, 0) is 74.1 Å². The molecule has 2 aromatic carbocycles. The van der Waals surface area contributed by atoms with E-state index >= 15 is 0 Å². The summed E-state index contributed by atoms with van der Waals surface area (Å²) >= 11 is 5.85. The molecule has 2 aromatic heterocycles. The number of nitrogens with zero attached hydrogens (tertiary/aromatic N) is 3. The quantitative estimate of drug-likeness (QED) is 0.382. The lowest BCUT2D eigenvalue weighted by molar-refractivity contribution is 0.415.